The van der Waals surface area contributed by atoms with Gasteiger partial charge in [-0.1, -0.05) is 37.6 Å². The molecule has 1 N–H and O–H groups in total. The molecule has 0 saturated carbocycles. The average Bonchev–Trinajstić information content (AvgIpc) is 2.49. The molecule has 0 aliphatic rings. The lowest BCUT2D eigenvalue weighted by Crippen LogP contribution is -2.11. The summed E-state index contributed by atoms with van der Waals surface area (Å²) in [5.41, 5.74) is 3.24. The van der Waals surface area contributed by atoms with Crippen LogP contribution in [-0.4, -0.2) is 21.7 Å². The van der Waals surface area contributed by atoms with Gasteiger partial charge in [0, 0.05) is 11.6 Å². The van der Waals surface area contributed by atoms with Gasteiger partial charge in [-0.25, -0.2) is 4.98 Å². The monoisotopic (exact) mass is 290 g/mol. The van der Waals surface area contributed by atoms with Crippen LogP contribution in [0.4, 0.5) is 5.95 Å². The predicted octanol–water partition coefficient (Wildman–Crippen LogP) is 3.30. The summed E-state index contributed by atoms with van der Waals surface area (Å²) in [6.45, 7) is 4.93. The molecule has 0 unspecified atom stereocenters. The highest BCUT2D eigenvalue weighted by atomic mass is 35.5. The van der Waals surface area contributed by atoms with Gasteiger partial charge in [0.25, 0.3) is 0 Å². The first kappa shape index (κ1) is 14.7. The van der Waals surface area contributed by atoms with E-state index in [9.17, 15) is 0 Å². The minimum Gasteiger partial charge on any atom is -0.353 e. The standard InChI is InChI=1S/C15H19ClN4/c1-3-13-14(4-2)19-20-15(18-13)17-10-9-11-5-7-12(16)8-6-11/h5-8H,3-4,9-10H2,1-2H3,(H,17,18,20). The van der Waals surface area contributed by atoms with Crippen LogP contribution < -0.4 is 5.32 Å². The van der Waals surface area contributed by atoms with E-state index < -0.39 is 0 Å². The lowest BCUT2D eigenvalue weighted by molar-refractivity contribution is 0.817. The van der Waals surface area contributed by atoms with Crippen LogP contribution in [0.25, 0.3) is 0 Å². The van der Waals surface area contributed by atoms with Crippen molar-refractivity contribution < 1.29 is 0 Å². The molecule has 1 aromatic carbocycles. The smallest absolute Gasteiger partial charge is 0.242 e. The van der Waals surface area contributed by atoms with Gasteiger partial charge in [0.05, 0.1) is 11.4 Å². The van der Waals surface area contributed by atoms with Crippen LogP contribution in [0.2, 0.25) is 5.02 Å². The zero-order valence-electron chi connectivity index (χ0n) is 11.9. The van der Waals surface area contributed by atoms with Crippen LogP contribution in [0.1, 0.15) is 30.8 Å². The molecular weight excluding hydrogens is 272 g/mol. The van der Waals surface area contributed by atoms with E-state index in [1.807, 2.05) is 24.3 Å². The molecule has 0 spiro atoms. The van der Waals surface area contributed by atoms with E-state index in [0.717, 1.165) is 42.2 Å². The Hall–Kier alpha value is -1.68. The van der Waals surface area contributed by atoms with E-state index in [1.54, 1.807) is 0 Å². The molecule has 0 saturated heterocycles. The van der Waals surface area contributed by atoms with Crippen LogP contribution in [0.15, 0.2) is 24.3 Å². The molecule has 0 atom stereocenters. The fraction of sp³-hybridized carbons (Fsp3) is 0.400. The Labute approximate surface area is 124 Å². The largest absolute Gasteiger partial charge is 0.353 e. The molecule has 2 aromatic rings. The van der Waals surface area contributed by atoms with E-state index >= 15 is 0 Å². The van der Waals surface area contributed by atoms with Crippen LogP contribution in [0.5, 0.6) is 0 Å². The number of benzene rings is 1. The Morgan fingerprint density at radius 1 is 1.00 bits per heavy atom. The maximum Gasteiger partial charge on any atom is 0.242 e. The first-order chi connectivity index (χ1) is 9.72. The van der Waals surface area contributed by atoms with Crippen LogP contribution in [-0.2, 0) is 19.3 Å². The third kappa shape index (κ3) is 3.90. The van der Waals surface area contributed by atoms with Crippen molar-refractivity contribution >= 4 is 17.5 Å². The second kappa shape index (κ2) is 7.20. The van der Waals surface area contributed by atoms with E-state index in [1.165, 1.54) is 5.56 Å². The number of nitrogens with one attached hydrogen (secondary N) is 1. The van der Waals surface area contributed by atoms with Crippen molar-refractivity contribution in [3.63, 3.8) is 0 Å². The maximum atomic E-state index is 5.86. The third-order valence-electron chi connectivity index (χ3n) is 3.12. The quantitative estimate of drug-likeness (QED) is 0.887. The summed E-state index contributed by atoms with van der Waals surface area (Å²) < 4.78 is 0. The van der Waals surface area contributed by atoms with Gasteiger partial charge in [-0.05, 0) is 37.0 Å². The summed E-state index contributed by atoms with van der Waals surface area (Å²) in [4.78, 5) is 4.50. The lowest BCUT2D eigenvalue weighted by Gasteiger charge is -2.08. The van der Waals surface area contributed by atoms with Gasteiger partial charge in [-0.15, -0.1) is 5.10 Å². The number of rotatable bonds is 6. The van der Waals surface area contributed by atoms with Gasteiger partial charge in [0.15, 0.2) is 0 Å². The molecule has 0 aliphatic carbocycles. The number of halogens is 1. The van der Waals surface area contributed by atoms with E-state index in [0.29, 0.717) is 5.95 Å². The highest BCUT2D eigenvalue weighted by Crippen LogP contribution is 2.10. The normalized spacial score (nSPS) is 10.6. The second-order valence-electron chi connectivity index (χ2n) is 4.54. The number of hydrogen-bond donors (Lipinski definition) is 1. The first-order valence-corrected chi connectivity index (χ1v) is 7.31. The predicted molar refractivity (Wildman–Crippen MR) is 82.2 cm³/mol. The molecule has 1 aromatic heterocycles. The van der Waals surface area contributed by atoms with Crippen molar-refractivity contribution in [2.75, 3.05) is 11.9 Å². The maximum absolute atomic E-state index is 5.86. The fourth-order valence-corrected chi connectivity index (χ4v) is 2.11. The number of anilines is 1. The van der Waals surface area contributed by atoms with E-state index in [-0.39, 0.29) is 0 Å². The SMILES string of the molecule is CCc1nnc(NCCc2ccc(Cl)cc2)nc1CC. The number of aromatic nitrogens is 3. The van der Waals surface area contributed by atoms with E-state index in [2.05, 4.69) is 34.3 Å². The summed E-state index contributed by atoms with van der Waals surface area (Å²) in [7, 11) is 0. The molecule has 0 fully saturated rings. The van der Waals surface area contributed by atoms with Crippen LogP contribution in [0, 0.1) is 0 Å². The summed E-state index contributed by atoms with van der Waals surface area (Å²) in [5, 5.41) is 12.3. The molecule has 0 radical (unpaired) electrons. The van der Waals surface area contributed by atoms with Crippen molar-refractivity contribution in [3.8, 4) is 0 Å². The molecule has 1 heterocycles. The lowest BCUT2D eigenvalue weighted by atomic mass is 10.1. The van der Waals surface area contributed by atoms with Crippen molar-refractivity contribution in [2.24, 2.45) is 0 Å². The highest BCUT2D eigenvalue weighted by molar-refractivity contribution is 6.30. The van der Waals surface area contributed by atoms with E-state index in [4.69, 9.17) is 11.6 Å². The van der Waals surface area contributed by atoms with Gasteiger partial charge < -0.3 is 5.32 Å². The minimum atomic E-state index is 0.605. The molecular formula is C15H19ClN4. The molecule has 2 rings (SSSR count). The molecule has 0 amide bonds. The Kier molecular flexibility index (Phi) is 5.30. The Morgan fingerprint density at radius 3 is 2.35 bits per heavy atom. The summed E-state index contributed by atoms with van der Waals surface area (Å²) in [5.74, 6) is 0.605. The zero-order chi connectivity index (χ0) is 14.4. The molecule has 4 nitrogen and oxygen atoms in total. The topological polar surface area (TPSA) is 50.7 Å². The fourth-order valence-electron chi connectivity index (χ4n) is 1.98. The van der Waals surface area contributed by atoms with Crippen molar-refractivity contribution in [1.82, 2.24) is 15.2 Å². The molecule has 0 aliphatic heterocycles. The first-order valence-electron chi connectivity index (χ1n) is 6.93. The van der Waals surface area contributed by atoms with Crippen molar-refractivity contribution in [3.05, 3.63) is 46.2 Å². The number of aryl methyl sites for hydroxylation is 2. The van der Waals surface area contributed by atoms with Gasteiger partial charge in [-0.3, -0.25) is 0 Å². The molecule has 0 bridgehead atoms. The van der Waals surface area contributed by atoms with Gasteiger partial charge >= 0.3 is 0 Å². The Bertz CT molecular complexity index is 554. The highest BCUT2D eigenvalue weighted by Gasteiger charge is 2.05. The molecule has 5 heteroatoms. The average molecular weight is 291 g/mol. The van der Waals surface area contributed by atoms with Crippen LogP contribution >= 0.6 is 11.6 Å². The Morgan fingerprint density at radius 2 is 1.70 bits per heavy atom. The Balaban J connectivity index is 1.92. The molecule has 20 heavy (non-hydrogen) atoms. The summed E-state index contributed by atoms with van der Waals surface area (Å²) in [6, 6.07) is 7.86. The van der Waals surface area contributed by atoms with Gasteiger partial charge in [0.2, 0.25) is 5.95 Å². The third-order valence-corrected chi connectivity index (χ3v) is 3.37. The van der Waals surface area contributed by atoms with Crippen molar-refractivity contribution in [2.45, 2.75) is 33.1 Å². The number of nitrogens with zero attached hydrogens (tertiary/aromatic N) is 3. The van der Waals surface area contributed by atoms with Gasteiger partial charge in [-0.2, -0.15) is 5.10 Å². The summed E-state index contributed by atoms with van der Waals surface area (Å²) in [6.07, 6.45) is 2.65. The zero-order valence-corrected chi connectivity index (χ0v) is 12.6. The van der Waals surface area contributed by atoms with Crippen LogP contribution in [0.3, 0.4) is 0 Å². The summed E-state index contributed by atoms with van der Waals surface area (Å²) >= 11 is 5.86. The van der Waals surface area contributed by atoms with Crippen molar-refractivity contribution in [1.29, 1.82) is 0 Å². The minimum absolute atomic E-state index is 0.605. The van der Waals surface area contributed by atoms with Gasteiger partial charge in [0.1, 0.15) is 0 Å². The molecule has 106 valence electrons. The second-order valence-corrected chi connectivity index (χ2v) is 4.98. The number of hydrogen-bond acceptors (Lipinski definition) is 4.